The number of H-pyrrole nitrogens is 1. The number of nitrogens with one attached hydrogen (secondary N) is 2. The van der Waals surface area contributed by atoms with Gasteiger partial charge in [0.15, 0.2) is 5.82 Å². The molecule has 0 saturated carbocycles. The Hall–Kier alpha value is -3.23. The molecule has 0 saturated heterocycles. The fourth-order valence-corrected chi connectivity index (χ4v) is 2.04. The van der Waals surface area contributed by atoms with Crippen molar-refractivity contribution in [3.05, 3.63) is 47.7 Å². The molecule has 1 aromatic carbocycles. The van der Waals surface area contributed by atoms with Crippen LogP contribution in [0.25, 0.3) is 11.3 Å². The number of aromatic nitrogens is 5. The highest BCUT2D eigenvalue weighted by Gasteiger charge is 2.08. The highest BCUT2D eigenvalue weighted by atomic mass is 19.1. The number of aryl methyl sites for hydroxylation is 1. The predicted octanol–water partition coefficient (Wildman–Crippen LogP) is 1.53. The summed E-state index contributed by atoms with van der Waals surface area (Å²) in [5, 5.41) is 18.7. The number of rotatable bonds is 5. The maximum absolute atomic E-state index is 13.0. The number of hydrazone groups is 1. The van der Waals surface area contributed by atoms with Crippen molar-refractivity contribution in [2.24, 2.45) is 5.10 Å². The number of aromatic amines is 1. The Morgan fingerprint density at radius 3 is 2.83 bits per heavy atom. The van der Waals surface area contributed by atoms with Crippen molar-refractivity contribution in [2.75, 3.05) is 11.3 Å². The van der Waals surface area contributed by atoms with Gasteiger partial charge in [0.05, 0.1) is 18.1 Å². The molecule has 3 aromatic rings. The van der Waals surface area contributed by atoms with E-state index in [0.29, 0.717) is 18.2 Å². The molecule has 0 radical (unpaired) electrons. The standard InChI is InChI=1S/C14H15FN8/c1-2-12-19-22-14(23(12)16)21-18-8-10-7-17-20-13(10)9-3-5-11(15)6-4-9/h3-8H,2,16H2,1H3,(H,17,20)(H,21,22)/b18-8-. The Kier molecular flexibility index (Phi) is 4.00. The van der Waals surface area contributed by atoms with Crippen molar-refractivity contribution in [3.63, 3.8) is 0 Å². The van der Waals surface area contributed by atoms with E-state index in [1.165, 1.54) is 16.8 Å². The van der Waals surface area contributed by atoms with E-state index in [0.717, 1.165) is 16.8 Å². The summed E-state index contributed by atoms with van der Waals surface area (Å²) in [6, 6.07) is 6.10. The van der Waals surface area contributed by atoms with Gasteiger partial charge < -0.3 is 5.84 Å². The second-order valence-electron chi connectivity index (χ2n) is 4.74. The van der Waals surface area contributed by atoms with Crippen LogP contribution in [-0.4, -0.2) is 31.3 Å². The van der Waals surface area contributed by atoms with Crippen LogP contribution in [0.2, 0.25) is 0 Å². The van der Waals surface area contributed by atoms with E-state index in [1.807, 2.05) is 6.92 Å². The molecule has 0 atom stereocenters. The zero-order valence-corrected chi connectivity index (χ0v) is 12.4. The number of benzene rings is 1. The first-order valence-electron chi connectivity index (χ1n) is 6.96. The van der Waals surface area contributed by atoms with E-state index < -0.39 is 0 Å². The van der Waals surface area contributed by atoms with Crippen molar-refractivity contribution in [2.45, 2.75) is 13.3 Å². The first-order chi connectivity index (χ1) is 11.2. The van der Waals surface area contributed by atoms with E-state index in [2.05, 4.69) is 30.9 Å². The molecule has 3 rings (SSSR count). The number of anilines is 1. The van der Waals surface area contributed by atoms with E-state index in [4.69, 9.17) is 5.84 Å². The summed E-state index contributed by atoms with van der Waals surface area (Å²) in [7, 11) is 0. The number of nitrogens with two attached hydrogens (primary N) is 1. The van der Waals surface area contributed by atoms with Crippen LogP contribution in [0.4, 0.5) is 10.3 Å². The van der Waals surface area contributed by atoms with Gasteiger partial charge in [-0.05, 0) is 24.3 Å². The zero-order chi connectivity index (χ0) is 16.2. The van der Waals surface area contributed by atoms with Gasteiger partial charge in [0, 0.05) is 17.5 Å². The zero-order valence-electron chi connectivity index (χ0n) is 12.4. The van der Waals surface area contributed by atoms with Crippen LogP contribution >= 0.6 is 0 Å². The Labute approximate surface area is 131 Å². The second kappa shape index (κ2) is 6.26. The molecule has 2 aromatic heterocycles. The van der Waals surface area contributed by atoms with Gasteiger partial charge in [-0.3, -0.25) is 5.10 Å². The van der Waals surface area contributed by atoms with Crippen LogP contribution < -0.4 is 11.3 Å². The molecule has 4 N–H and O–H groups in total. The molecule has 0 aliphatic heterocycles. The molecule has 0 aliphatic carbocycles. The molecule has 118 valence electrons. The summed E-state index contributed by atoms with van der Waals surface area (Å²) in [5.41, 5.74) is 5.01. The molecule has 0 aliphatic rings. The van der Waals surface area contributed by atoms with Crippen molar-refractivity contribution < 1.29 is 4.39 Å². The molecule has 2 heterocycles. The highest BCUT2D eigenvalue weighted by molar-refractivity contribution is 5.88. The smallest absolute Gasteiger partial charge is 0.263 e. The summed E-state index contributed by atoms with van der Waals surface area (Å²) in [5.74, 6) is 6.51. The first kappa shape index (κ1) is 14.7. The fourth-order valence-electron chi connectivity index (χ4n) is 2.04. The Bertz CT molecular complexity index is 818. The minimum Gasteiger partial charge on any atom is -0.335 e. The van der Waals surface area contributed by atoms with Gasteiger partial charge in [-0.25, -0.2) is 14.5 Å². The SMILES string of the molecule is CCc1nnc(N/N=C\c2cn[nH]c2-c2ccc(F)cc2)n1N. The van der Waals surface area contributed by atoms with Crippen LogP contribution in [0, 0.1) is 5.82 Å². The van der Waals surface area contributed by atoms with Crippen LogP contribution in [0.5, 0.6) is 0 Å². The molecular formula is C14H15FN8. The van der Waals surface area contributed by atoms with E-state index in [-0.39, 0.29) is 5.82 Å². The number of hydrogen-bond acceptors (Lipinski definition) is 6. The van der Waals surface area contributed by atoms with Crippen molar-refractivity contribution in [1.29, 1.82) is 0 Å². The Balaban J connectivity index is 1.77. The maximum Gasteiger partial charge on any atom is 0.263 e. The van der Waals surface area contributed by atoms with Gasteiger partial charge in [-0.2, -0.15) is 10.2 Å². The van der Waals surface area contributed by atoms with Crippen molar-refractivity contribution in [1.82, 2.24) is 25.1 Å². The summed E-state index contributed by atoms with van der Waals surface area (Å²) < 4.78 is 14.3. The Morgan fingerprint density at radius 1 is 1.35 bits per heavy atom. The van der Waals surface area contributed by atoms with E-state index in [9.17, 15) is 4.39 Å². The van der Waals surface area contributed by atoms with Gasteiger partial charge in [0.1, 0.15) is 5.82 Å². The summed E-state index contributed by atoms with van der Waals surface area (Å²) in [4.78, 5) is 0. The molecule has 23 heavy (non-hydrogen) atoms. The third-order valence-corrected chi connectivity index (χ3v) is 3.25. The number of nitrogen functional groups attached to an aromatic ring is 1. The monoisotopic (exact) mass is 314 g/mol. The van der Waals surface area contributed by atoms with Crippen LogP contribution in [0.1, 0.15) is 18.3 Å². The fraction of sp³-hybridized carbons (Fsp3) is 0.143. The van der Waals surface area contributed by atoms with Crippen LogP contribution in [0.3, 0.4) is 0 Å². The average molecular weight is 314 g/mol. The summed E-state index contributed by atoms with van der Waals surface area (Å²) in [6.45, 7) is 1.93. The number of hydrogen-bond donors (Lipinski definition) is 3. The maximum atomic E-state index is 13.0. The van der Waals surface area contributed by atoms with Crippen molar-refractivity contribution >= 4 is 12.2 Å². The molecule has 0 amide bonds. The predicted molar refractivity (Wildman–Crippen MR) is 84.7 cm³/mol. The van der Waals surface area contributed by atoms with E-state index in [1.54, 1.807) is 24.5 Å². The lowest BCUT2D eigenvalue weighted by Crippen LogP contribution is -2.14. The lowest BCUT2D eigenvalue weighted by molar-refractivity contribution is 0.628. The molecule has 0 unspecified atom stereocenters. The minimum absolute atomic E-state index is 0.292. The largest absolute Gasteiger partial charge is 0.335 e. The molecule has 8 nitrogen and oxygen atoms in total. The van der Waals surface area contributed by atoms with Crippen LogP contribution in [-0.2, 0) is 6.42 Å². The number of nitrogens with zero attached hydrogens (tertiary/aromatic N) is 5. The third kappa shape index (κ3) is 3.03. The van der Waals surface area contributed by atoms with E-state index >= 15 is 0 Å². The highest BCUT2D eigenvalue weighted by Crippen LogP contribution is 2.20. The lowest BCUT2D eigenvalue weighted by Gasteiger charge is -2.01. The minimum atomic E-state index is -0.292. The van der Waals surface area contributed by atoms with Gasteiger partial charge in [-0.15, -0.1) is 10.2 Å². The van der Waals surface area contributed by atoms with Gasteiger partial charge in [0.2, 0.25) is 0 Å². The summed E-state index contributed by atoms with van der Waals surface area (Å²) in [6.07, 6.45) is 3.86. The first-order valence-corrected chi connectivity index (χ1v) is 6.96. The van der Waals surface area contributed by atoms with Crippen LogP contribution in [0.15, 0.2) is 35.6 Å². The second-order valence-corrected chi connectivity index (χ2v) is 4.74. The normalized spacial score (nSPS) is 11.2. The van der Waals surface area contributed by atoms with Crippen molar-refractivity contribution in [3.8, 4) is 11.3 Å². The van der Waals surface area contributed by atoms with Gasteiger partial charge in [0.25, 0.3) is 5.95 Å². The summed E-state index contributed by atoms with van der Waals surface area (Å²) >= 11 is 0. The number of halogens is 1. The molecule has 9 heteroatoms. The van der Waals surface area contributed by atoms with Gasteiger partial charge >= 0.3 is 0 Å². The molecule has 0 spiro atoms. The lowest BCUT2D eigenvalue weighted by atomic mass is 10.1. The molecular weight excluding hydrogens is 299 g/mol. The average Bonchev–Trinajstić information content (AvgIpc) is 3.16. The molecule has 0 fully saturated rings. The van der Waals surface area contributed by atoms with Gasteiger partial charge in [-0.1, -0.05) is 6.92 Å². The third-order valence-electron chi connectivity index (χ3n) is 3.25. The molecule has 0 bridgehead atoms. The quantitative estimate of drug-likeness (QED) is 0.376. The topological polar surface area (TPSA) is 110 Å². The Morgan fingerprint density at radius 2 is 2.13 bits per heavy atom.